The highest BCUT2D eigenvalue weighted by Gasteiger charge is 1.95. The summed E-state index contributed by atoms with van der Waals surface area (Å²) in [5.41, 5.74) is 0. The summed E-state index contributed by atoms with van der Waals surface area (Å²) in [6.07, 6.45) is 0. The Hall–Kier alpha value is -1.40. The highest BCUT2D eigenvalue weighted by molar-refractivity contribution is 7.31. The number of fused-ring (bicyclic) bond motifs is 1. The molecule has 2 aromatic rings. The number of phenolic OH excluding ortho intramolecular Hbond substituents is 2. The molecular formula is C10H14O8P2. The molecule has 0 heterocycles. The van der Waals surface area contributed by atoms with Crippen molar-refractivity contribution in [1.29, 1.82) is 0 Å². The Bertz CT molecular complexity index is 540. The first-order valence-corrected chi connectivity index (χ1v) is 7.58. The molecule has 0 fully saturated rings. The van der Waals surface area contributed by atoms with Crippen LogP contribution in [0.5, 0.6) is 11.5 Å². The fraction of sp³-hybridized carbons (Fsp3) is 0. The predicted molar refractivity (Wildman–Crippen MR) is 74.2 cm³/mol. The van der Waals surface area contributed by atoms with Crippen molar-refractivity contribution in [2.45, 2.75) is 0 Å². The second-order valence-electron chi connectivity index (χ2n) is 3.28. The van der Waals surface area contributed by atoms with Crippen LogP contribution in [0.15, 0.2) is 36.4 Å². The molecule has 8 nitrogen and oxygen atoms in total. The smallest absolute Gasteiger partial charge is 0.314 e. The van der Waals surface area contributed by atoms with Crippen molar-refractivity contribution in [1.82, 2.24) is 0 Å². The van der Waals surface area contributed by atoms with Crippen LogP contribution in [0.3, 0.4) is 0 Å². The van der Waals surface area contributed by atoms with Gasteiger partial charge in [-0.25, -0.2) is 0 Å². The third kappa shape index (κ3) is 9.52. The molecule has 112 valence electrons. The predicted octanol–water partition coefficient (Wildman–Crippen LogP) is 0.972. The van der Waals surface area contributed by atoms with Gasteiger partial charge in [-0.3, -0.25) is 9.13 Å². The summed E-state index contributed by atoms with van der Waals surface area (Å²) in [6.45, 7) is 0. The van der Waals surface area contributed by atoms with Crippen molar-refractivity contribution in [3.8, 4) is 11.5 Å². The van der Waals surface area contributed by atoms with Crippen LogP contribution in [0, 0.1) is 0 Å². The molecule has 0 atom stereocenters. The number of rotatable bonds is 0. The standard InChI is InChI=1S/C10H8O2.2H3O3P/c11-9-3-1-7-5-10(12)4-2-8(7)6-9;2*1-4(2)3/h1-6,11-12H;2*4H,(H2,1,2,3). The number of aromatic hydroxyl groups is 2. The van der Waals surface area contributed by atoms with E-state index < -0.39 is 16.5 Å². The summed E-state index contributed by atoms with van der Waals surface area (Å²) >= 11 is 0. The van der Waals surface area contributed by atoms with Gasteiger partial charge in [-0.05, 0) is 35.0 Å². The summed E-state index contributed by atoms with van der Waals surface area (Å²) in [6, 6.07) is 10.1. The van der Waals surface area contributed by atoms with E-state index in [1.165, 1.54) is 0 Å². The maximum atomic E-state index is 9.14. The highest BCUT2D eigenvalue weighted by Crippen LogP contribution is 2.23. The van der Waals surface area contributed by atoms with E-state index >= 15 is 0 Å². The third-order valence-corrected chi connectivity index (χ3v) is 1.81. The molecule has 0 bridgehead atoms. The van der Waals surface area contributed by atoms with Gasteiger partial charge in [0.15, 0.2) is 0 Å². The maximum absolute atomic E-state index is 9.14. The first-order chi connectivity index (χ1) is 9.22. The second kappa shape index (κ2) is 9.50. The molecule has 0 radical (unpaired) electrons. The van der Waals surface area contributed by atoms with E-state index in [0.717, 1.165) is 10.8 Å². The van der Waals surface area contributed by atoms with Crippen LogP contribution in [0.1, 0.15) is 0 Å². The maximum Gasteiger partial charge on any atom is 0.314 e. The summed E-state index contributed by atoms with van der Waals surface area (Å²) in [7, 11) is -6.26. The topological polar surface area (TPSA) is 156 Å². The van der Waals surface area contributed by atoms with Crippen molar-refractivity contribution in [2.24, 2.45) is 0 Å². The summed E-state index contributed by atoms with van der Waals surface area (Å²) in [5, 5.41) is 20.1. The minimum atomic E-state index is -3.13. The van der Waals surface area contributed by atoms with Gasteiger partial charge in [-0.15, -0.1) is 0 Å². The molecule has 6 N–H and O–H groups in total. The van der Waals surface area contributed by atoms with Crippen molar-refractivity contribution in [3.05, 3.63) is 36.4 Å². The van der Waals surface area contributed by atoms with Gasteiger partial charge < -0.3 is 29.8 Å². The quantitative estimate of drug-likeness (QED) is 0.392. The molecular weight excluding hydrogens is 310 g/mol. The van der Waals surface area contributed by atoms with E-state index in [0.29, 0.717) is 0 Å². The zero-order valence-electron chi connectivity index (χ0n) is 9.96. The zero-order valence-corrected chi connectivity index (χ0v) is 12.0. The normalized spacial score (nSPS) is 9.70. The molecule has 0 aliphatic carbocycles. The number of phenols is 2. The zero-order chi connectivity index (χ0) is 15.7. The van der Waals surface area contributed by atoms with E-state index in [9.17, 15) is 0 Å². The van der Waals surface area contributed by atoms with Crippen LogP contribution in [0.25, 0.3) is 10.8 Å². The average Bonchev–Trinajstić information content (AvgIpc) is 2.28. The molecule has 0 aromatic heterocycles. The lowest BCUT2D eigenvalue weighted by atomic mass is 10.1. The van der Waals surface area contributed by atoms with Gasteiger partial charge in [0, 0.05) is 0 Å². The molecule has 0 aliphatic heterocycles. The average molecular weight is 324 g/mol. The Labute approximate surface area is 115 Å². The SMILES string of the molecule is O=[PH](O)O.O=[PH](O)O.Oc1ccc2cc(O)ccc2c1. The van der Waals surface area contributed by atoms with Gasteiger partial charge in [0.1, 0.15) is 11.5 Å². The van der Waals surface area contributed by atoms with Gasteiger partial charge in [-0.2, -0.15) is 0 Å². The van der Waals surface area contributed by atoms with Crippen LogP contribution < -0.4 is 0 Å². The first kappa shape index (κ1) is 18.6. The molecule has 2 aromatic carbocycles. The number of hydrogen-bond acceptors (Lipinski definition) is 4. The van der Waals surface area contributed by atoms with E-state index in [4.69, 9.17) is 38.9 Å². The highest BCUT2D eigenvalue weighted by atomic mass is 31.1. The fourth-order valence-corrected chi connectivity index (χ4v) is 1.22. The van der Waals surface area contributed by atoms with Crippen LogP contribution in [-0.2, 0) is 9.13 Å². The molecule has 0 amide bonds. The molecule has 20 heavy (non-hydrogen) atoms. The van der Waals surface area contributed by atoms with Gasteiger partial charge in [0.2, 0.25) is 0 Å². The molecule has 0 saturated carbocycles. The van der Waals surface area contributed by atoms with Gasteiger partial charge >= 0.3 is 16.5 Å². The molecule has 2 rings (SSSR count). The van der Waals surface area contributed by atoms with Crippen molar-refractivity contribution >= 4 is 27.3 Å². The van der Waals surface area contributed by atoms with Crippen LogP contribution in [0.2, 0.25) is 0 Å². The van der Waals surface area contributed by atoms with E-state index in [1.807, 2.05) is 0 Å². The number of benzene rings is 2. The minimum absolute atomic E-state index is 0.244. The summed E-state index contributed by atoms with van der Waals surface area (Å²) in [4.78, 5) is 28.6. The summed E-state index contributed by atoms with van der Waals surface area (Å²) in [5.74, 6) is 0.487. The Balaban J connectivity index is 0.000000380. The molecule has 10 heteroatoms. The number of hydrogen-bond donors (Lipinski definition) is 6. The second-order valence-corrected chi connectivity index (χ2v) is 4.41. The molecule has 0 aliphatic rings. The molecule has 0 saturated heterocycles. The van der Waals surface area contributed by atoms with Crippen molar-refractivity contribution < 1.29 is 38.9 Å². The third-order valence-electron chi connectivity index (χ3n) is 1.81. The Morgan fingerprint density at radius 1 is 0.650 bits per heavy atom. The Kier molecular flexibility index (Phi) is 8.83. The van der Waals surface area contributed by atoms with Crippen molar-refractivity contribution in [3.63, 3.8) is 0 Å². The van der Waals surface area contributed by atoms with Gasteiger partial charge in [-0.1, -0.05) is 12.1 Å². The van der Waals surface area contributed by atoms with E-state index in [1.54, 1.807) is 36.4 Å². The molecule has 0 unspecified atom stereocenters. The lowest BCUT2D eigenvalue weighted by molar-refractivity contribution is 0.403. The van der Waals surface area contributed by atoms with E-state index in [2.05, 4.69) is 0 Å². The lowest BCUT2D eigenvalue weighted by Gasteiger charge is -1.98. The van der Waals surface area contributed by atoms with Gasteiger partial charge in [0.05, 0.1) is 0 Å². The van der Waals surface area contributed by atoms with Crippen LogP contribution >= 0.6 is 16.5 Å². The fourth-order valence-electron chi connectivity index (χ4n) is 1.22. The first-order valence-electron chi connectivity index (χ1n) is 4.98. The van der Waals surface area contributed by atoms with E-state index in [-0.39, 0.29) is 11.5 Å². The van der Waals surface area contributed by atoms with Crippen LogP contribution in [-0.4, -0.2) is 29.8 Å². The monoisotopic (exact) mass is 324 g/mol. The Morgan fingerprint density at radius 3 is 1.15 bits per heavy atom. The summed E-state index contributed by atoms with van der Waals surface area (Å²) < 4.78 is 17.5. The van der Waals surface area contributed by atoms with Gasteiger partial charge in [0.25, 0.3) is 0 Å². The largest absolute Gasteiger partial charge is 0.508 e. The molecule has 0 spiro atoms. The van der Waals surface area contributed by atoms with Crippen LogP contribution in [0.4, 0.5) is 0 Å². The lowest BCUT2D eigenvalue weighted by Crippen LogP contribution is -1.71. The van der Waals surface area contributed by atoms with Crippen molar-refractivity contribution in [2.75, 3.05) is 0 Å². The minimum Gasteiger partial charge on any atom is -0.508 e. The Morgan fingerprint density at radius 2 is 0.900 bits per heavy atom.